The molecule has 5 heteroatoms. The summed E-state index contributed by atoms with van der Waals surface area (Å²) in [5, 5.41) is 9.15. The summed E-state index contributed by atoms with van der Waals surface area (Å²) in [5.41, 5.74) is 6.49. The maximum atomic E-state index is 9.15. The molecule has 1 saturated heterocycles. The lowest BCUT2D eigenvalue weighted by Crippen LogP contribution is -2.42. The quantitative estimate of drug-likeness (QED) is 0.754. The zero-order chi connectivity index (χ0) is 15.1. The zero-order valence-corrected chi connectivity index (χ0v) is 13.1. The van der Waals surface area contributed by atoms with E-state index in [1.165, 1.54) is 19.3 Å². The van der Waals surface area contributed by atoms with Gasteiger partial charge in [0.05, 0.1) is 5.56 Å². The molecule has 0 spiro atoms. The number of rotatable bonds is 7. The van der Waals surface area contributed by atoms with Gasteiger partial charge in [0, 0.05) is 19.2 Å². The van der Waals surface area contributed by atoms with Crippen molar-refractivity contribution in [3.8, 4) is 5.75 Å². The van der Waals surface area contributed by atoms with Crippen LogP contribution < -0.4 is 10.5 Å². The maximum Gasteiger partial charge on any atom is 0.129 e. The molecule has 0 radical (unpaired) electrons. The fraction of sp³-hybridized carbons (Fsp3) is 0.562. The van der Waals surface area contributed by atoms with Crippen molar-refractivity contribution < 1.29 is 9.84 Å². The summed E-state index contributed by atoms with van der Waals surface area (Å²) in [4.78, 5) is 2.78. The lowest BCUT2D eigenvalue weighted by Gasteiger charge is -2.35. The topological polar surface area (TPSA) is 58.7 Å². The van der Waals surface area contributed by atoms with Gasteiger partial charge in [0.15, 0.2) is 0 Å². The number of hydrogen-bond acceptors (Lipinski definition) is 4. The van der Waals surface area contributed by atoms with Gasteiger partial charge in [0.25, 0.3) is 0 Å². The minimum absolute atomic E-state index is 0.256. The molecule has 3 N–H and O–H groups in total. The lowest BCUT2D eigenvalue weighted by atomic mass is 10.00. The van der Waals surface area contributed by atoms with E-state index < -0.39 is 0 Å². The third kappa shape index (κ3) is 4.66. The van der Waals surface area contributed by atoms with E-state index in [1.807, 2.05) is 24.3 Å². The average Bonchev–Trinajstić information content (AvgIpc) is 2.49. The molecule has 0 bridgehead atoms. The number of piperidine rings is 1. The van der Waals surface area contributed by atoms with Crippen molar-refractivity contribution in [2.75, 3.05) is 26.3 Å². The highest BCUT2D eigenvalue weighted by molar-refractivity contribution is 7.80. The summed E-state index contributed by atoms with van der Waals surface area (Å²) >= 11 is 5.04. The first-order chi connectivity index (χ1) is 10.2. The van der Waals surface area contributed by atoms with Gasteiger partial charge in [-0.15, -0.1) is 0 Å². The zero-order valence-electron chi connectivity index (χ0n) is 12.3. The Morgan fingerprint density at radius 3 is 2.95 bits per heavy atom. The van der Waals surface area contributed by atoms with Crippen LogP contribution in [0.5, 0.6) is 5.75 Å². The number of aliphatic hydroxyl groups is 1. The first-order valence-corrected chi connectivity index (χ1v) is 7.99. The Kier molecular flexibility index (Phi) is 6.42. The monoisotopic (exact) mass is 308 g/mol. The second kappa shape index (κ2) is 8.32. The molecule has 1 aliphatic heterocycles. The maximum absolute atomic E-state index is 9.15. The van der Waals surface area contributed by atoms with E-state index in [0.717, 1.165) is 30.8 Å². The van der Waals surface area contributed by atoms with Gasteiger partial charge in [-0.1, -0.05) is 30.8 Å². The van der Waals surface area contributed by atoms with Crippen LogP contribution in [0.3, 0.4) is 0 Å². The normalized spacial score (nSPS) is 19.4. The Hall–Kier alpha value is -1.17. The lowest BCUT2D eigenvalue weighted by molar-refractivity contribution is 0.102. The summed E-state index contributed by atoms with van der Waals surface area (Å²) < 4.78 is 5.86. The number of nitrogens with zero attached hydrogens (tertiary/aromatic N) is 1. The van der Waals surface area contributed by atoms with Gasteiger partial charge in [-0.2, -0.15) is 0 Å². The minimum Gasteiger partial charge on any atom is -0.492 e. The van der Waals surface area contributed by atoms with Crippen LogP contribution in [0.1, 0.15) is 31.2 Å². The molecule has 1 aliphatic rings. The van der Waals surface area contributed by atoms with Crippen molar-refractivity contribution in [2.45, 2.75) is 31.7 Å². The first-order valence-electron chi connectivity index (χ1n) is 7.59. The van der Waals surface area contributed by atoms with Crippen molar-refractivity contribution in [3.05, 3.63) is 29.8 Å². The van der Waals surface area contributed by atoms with Gasteiger partial charge in [-0.05, 0) is 37.9 Å². The predicted molar refractivity (Wildman–Crippen MR) is 88.7 cm³/mol. The van der Waals surface area contributed by atoms with Crippen LogP contribution in [0.2, 0.25) is 0 Å². The molecule has 1 heterocycles. The SMILES string of the molecule is NC(=S)c1ccccc1OCCN1CCCCC1CCO. The number of likely N-dealkylation sites (tertiary alicyclic amines) is 1. The van der Waals surface area contributed by atoms with Gasteiger partial charge in [-0.3, -0.25) is 4.90 Å². The third-order valence-electron chi connectivity index (χ3n) is 4.00. The van der Waals surface area contributed by atoms with E-state index in [4.69, 9.17) is 27.8 Å². The van der Waals surface area contributed by atoms with E-state index in [-0.39, 0.29) is 6.61 Å². The Morgan fingerprint density at radius 2 is 2.19 bits per heavy atom. The molecule has 21 heavy (non-hydrogen) atoms. The van der Waals surface area contributed by atoms with E-state index in [2.05, 4.69) is 4.90 Å². The molecule has 1 atom stereocenters. The largest absolute Gasteiger partial charge is 0.492 e. The summed E-state index contributed by atoms with van der Waals surface area (Å²) in [6.07, 6.45) is 4.51. The molecule has 1 aromatic carbocycles. The molecule has 1 unspecified atom stereocenters. The number of nitrogens with two attached hydrogens (primary N) is 1. The fourth-order valence-electron chi connectivity index (χ4n) is 2.90. The second-order valence-corrected chi connectivity index (χ2v) is 5.85. The molecular formula is C16H24N2O2S. The number of hydrogen-bond donors (Lipinski definition) is 2. The summed E-state index contributed by atoms with van der Waals surface area (Å²) in [6, 6.07) is 8.09. The standard InChI is InChI=1S/C16H24N2O2S/c17-16(21)14-6-1-2-7-15(14)20-12-10-18-9-4-3-5-13(18)8-11-19/h1-2,6-7,13,19H,3-5,8-12H2,(H2,17,21). The third-order valence-corrected chi connectivity index (χ3v) is 4.22. The molecule has 0 aromatic heterocycles. The van der Waals surface area contributed by atoms with Crippen molar-refractivity contribution in [1.29, 1.82) is 0 Å². The van der Waals surface area contributed by atoms with Crippen LogP contribution in [0.25, 0.3) is 0 Å². The number of para-hydroxylation sites is 1. The summed E-state index contributed by atoms with van der Waals surface area (Å²) in [7, 11) is 0. The molecule has 116 valence electrons. The van der Waals surface area contributed by atoms with Crippen molar-refractivity contribution in [3.63, 3.8) is 0 Å². The van der Waals surface area contributed by atoms with Crippen molar-refractivity contribution in [2.24, 2.45) is 5.73 Å². The van der Waals surface area contributed by atoms with Gasteiger partial charge in [-0.25, -0.2) is 0 Å². The first kappa shape index (κ1) is 16.2. The second-order valence-electron chi connectivity index (χ2n) is 5.41. The molecule has 0 aliphatic carbocycles. The van der Waals surface area contributed by atoms with Crippen LogP contribution in [-0.4, -0.2) is 47.3 Å². The average molecular weight is 308 g/mol. The number of benzene rings is 1. The molecule has 0 amide bonds. The highest BCUT2D eigenvalue weighted by Gasteiger charge is 2.21. The Morgan fingerprint density at radius 1 is 1.38 bits per heavy atom. The predicted octanol–water partition coefficient (Wildman–Crippen LogP) is 1.94. The van der Waals surface area contributed by atoms with Gasteiger partial charge >= 0.3 is 0 Å². The van der Waals surface area contributed by atoms with E-state index in [1.54, 1.807) is 0 Å². The van der Waals surface area contributed by atoms with Crippen molar-refractivity contribution in [1.82, 2.24) is 4.90 Å². The van der Waals surface area contributed by atoms with Crippen LogP contribution in [-0.2, 0) is 0 Å². The van der Waals surface area contributed by atoms with Crippen molar-refractivity contribution >= 4 is 17.2 Å². The van der Waals surface area contributed by atoms with Crippen LogP contribution in [0.4, 0.5) is 0 Å². The summed E-state index contributed by atoms with van der Waals surface area (Å²) in [5.74, 6) is 0.751. The van der Waals surface area contributed by atoms with Gasteiger partial charge < -0.3 is 15.6 Å². The van der Waals surface area contributed by atoms with Crippen LogP contribution in [0.15, 0.2) is 24.3 Å². The number of thiocarbonyl (C=S) groups is 1. The summed E-state index contributed by atoms with van der Waals surface area (Å²) in [6.45, 7) is 2.83. The van der Waals surface area contributed by atoms with Gasteiger partial charge in [0.1, 0.15) is 17.3 Å². The minimum atomic E-state index is 0.256. The van der Waals surface area contributed by atoms with E-state index in [9.17, 15) is 0 Å². The number of aliphatic hydroxyl groups excluding tert-OH is 1. The molecule has 2 rings (SSSR count). The highest BCUT2D eigenvalue weighted by atomic mass is 32.1. The van der Waals surface area contributed by atoms with Gasteiger partial charge in [0.2, 0.25) is 0 Å². The van der Waals surface area contributed by atoms with E-state index in [0.29, 0.717) is 17.6 Å². The Balaban J connectivity index is 1.87. The molecule has 0 saturated carbocycles. The highest BCUT2D eigenvalue weighted by Crippen LogP contribution is 2.20. The number of ether oxygens (including phenoxy) is 1. The Bertz CT molecular complexity index is 465. The smallest absolute Gasteiger partial charge is 0.129 e. The van der Waals surface area contributed by atoms with Crippen LogP contribution >= 0.6 is 12.2 Å². The molecule has 1 aromatic rings. The van der Waals surface area contributed by atoms with Crippen LogP contribution in [0, 0.1) is 0 Å². The Labute approximate surface area is 131 Å². The molecule has 4 nitrogen and oxygen atoms in total. The van der Waals surface area contributed by atoms with E-state index >= 15 is 0 Å². The fourth-order valence-corrected chi connectivity index (χ4v) is 3.07. The molecular weight excluding hydrogens is 284 g/mol. The molecule has 1 fully saturated rings.